The molecule has 0 N–H and O–H groups in total. The van der Waals surface area contributed by atoms with Crippen LogP contribution < -0.4 is 19.9 Å². The number of anilines is 1. The standard InChI is InChI=1S/C25H28N4O4/c1-17-5-6-20(13-18(17)2)29-24(30)8-7-23(26-29)27-9-11-28(12-10-27)25(31)19-14-21(32-3)16-22(15-19)33-4/h5-8,13-16H,9-12H2,1-4H3. The first-order valence-corrected chi connectivity index (χ1v) is 10.8. The second-order valence-electron chi connectivity index (χ2n) is 8.09. The fraction of sp³-hybridized carbons (Fsp3) is 0.320. The van der Waals surface area contributed by atoms with Crippen molar-refractivity contribution in [2.45, 2.75) is 13.8 Å². The zero-order chi connectivity index (χ0) is 23.5. The predicted octanol–water partition coefficient (Wildman–Crippen LogP) is 2.83. The maximum Gasteiger partial charge on any atom is 0.271 e. The minimum atomic E-state index is -0.178. The van der Waals surface area contributed by atoms with Gasteiger partial charge < -0.3 is 19.3 Å². The van der Waals surface area contributed by atoms with Crippen LogP contribution in [0.1, 0.15) is 21.5 Å². The molecule has 0 aliphatic carbocycles. The third-order valence-corrected chi connectivity index (χ3v) is 6.01. The number of aryl methyl sites for hydroxylation is 2. The minimum Gasteiger partial charge on any atom is -0.497 e. The Balaban J connectivity index is 1.50. The lowest BCUT2D eigenvalue weighted by Gasteiger charge is -2.35. The van der Waals surface area contributed by atoms with Crippen molar-refractivity contribution in [2.75, 3.05) is 45.3 Å². The van der Waals surface area contributed by atoms with Gasteiger partial charge in [0.15, 0.2) is 0 Å². The molecule has 1 aliphatic rings. The van der Waals surface area contributed by atoms with Crippen LogP contribution in [0, 0.1) is 13.8 Å². The van der Waals surface area contributed by atoms with E-state index in [1.165, 1.54) is 10.7 Å². The normalized spacial score (nSPS) is 13.7. The summed E-state index contributed by atoms with van der Waals surface area (Å²) < 4.78 is 12.0. The van der Waals surface area contributed by atoms with Gasteiger partial charge in [-0.2, -0.15) is 4.68 Å². The molecule has 0 atom stereocenters. The summed E-state index contributed by atoms with van der Waals surface area (Å²) in [4.78, 5) is 29.4. The van der Waals surface area contributed by atoms with Gasteiger partial charge in [0.1, 0.15) is 17.3 Å². The van der Waals surface area contributed by atoms with Crippen LogP contribution in [0.5, 0.6) is 11.5 Å². The van der Waals surface area contributed by atoms with Crippen molar-refractivity contribution in [3.63, 3.8) is 0 Å². The molecule has 3 aromatic rings. The summed E-state index contributed by atoms with van der Waals surface area (Å²) in [7, 11) is 3.12. The Bertz CT molecular complexity index is 1210. The largest absolute Gasteiger partial charge is 0.497 e. The van der Waals surface area contributed by atoms with Crippen molar-refractivity contribution in [3.8, 4) is 17.2 Å². The van der Waals surface area contributed by atoms with E-state index >= 15 is 0 Å². The summed E-state index contributed by atoms with van der Waals surface area (Å²) in [6.45, 7) is 6.37. The number of rotatable bonds is 5. The Morgan fingerprint density at radius 3 is 2.12 bits per heavy atom. The van der Waals surface area contributed by atoms with E-state index in [0.717, 1.165) is 16.8 Å². The Kier molecular flexibility index (Phi) is 6.35. The maximum absolute atomic E-state index is 13.1. The summed E-state index contributed by atoms with van der Waals surface area (Å²) in [5.41, 5.74) is 3.36. The van der Waals surface area contributed by atoms with E-state index in [1.807, 2.05) is 36.9 Å². The summed E-state index contributed by atoms with van der Waals surface area (Å²) in [6, 6.07) is 14.3. The van der Waals surface area contributed by atoms with Gasteiger partial charge in [-0.05, 0) is 55.3 Å². The highest BCUT2D eigenvalue weighted by atomic mass is 16.5. The number of methoxy groups -OCH3 is 2. The van der Waals surface area contributed by atoms with Crippen LogP contribution in [0.2, 0.25) is 0 Å². The number of piperazine rings is 1. The number of aromatic nitrogens is 2. The Morgan fingerprint density at radius 1 is 0.848 bits per heavy atom. The SMILES string of the molecule is COc1cc(OC)cc(C(=O)N2CCN(c3ccc(=O)n(-c4ccc(C)c(C)c4)n3)CC2)c1. The van der Waals surface area contributed by atoms with E-state index in [1.54, 1.807) is 38.5 Å². The number of hydrogen-bond donors (Lipinski definition) is 0. The van der Waals surface area contributed by atoms with Crippen LogP contribution in [0.15, 0.2) is 53.3 Å². The highest BCUT2D eigenvalue weighted by Gasteiger charge is 2.24. The number of amides is 1. The molecule has 8 heteroatoms. The van der Waals surface area contributed by atoms with Gasteiger partial charge in [-0.1, -0.05) is 6.07 Å². The number of benzene rings is 2. The Labute approximate surface area is 193 Å². The van der Waals surface area contributed by atoms with Crippen LogP contribution in [0.4, 0.5) is 5.82 Å². The molecule has 4 rings (SSSR count). The molecule has 0 unspecified atom stereocenters. The van der Waals surface area contributed by atoms with Gasteiger partial charge in [0.25, 0.3) is 11.5 Å². The second kappa shape index (κ2) is 9.36. The first-order chi connectivity index (χ1) is 15.9. The first-order valence-electron chi connectivity index (χ1n) is 10.8. The van der Waals surface area contributed by atoms with Crippen molar-refractivity contribution in [1.82, 2.24) is 14.7 Å². The average Bonchev–Trinajstić information content (AvgIpc) is 2.85. The van der Waals surface area contributed by atoms with Gasteiger partial charge in [0, 0.05) is 43.9 Å². The molecule has 1 fully saturated rings. The van der Waals surface area contributed by atoms with Gasteiger partial charge in [-0.3, -0.25) is 9.59 Å². The lowest BCUT2D eigenvalue weighted by molar-refractivity contribution is 0.0745. The number of nitrogens with zero attached hydrogens (tertiary/aromatic N) is 4. The van der Waals surface area contributed by atoms with Crippen molar-refractivity contribution >= 4 is 11.7 Å². The monoisotopic (exact) mass is 448 g/mol. The third-order valence-electron chi connectivity index (χ3n) is 6.01. The third kappa shape index (κ3) is 4.69. The molecule has 8 nitrogen and oxygen atoms in total. The number of carbonyl (C=O) groups excluding carboxylic acids is 1. The number of carbonyl (C=O) groups is 1. The molecule has 1 saturated heterocycles. The maximum atomic E-state index is 13.1. The molecule has 1 aliphatic heterocycles. The van der Waals surface area contributed by atoms with Crippen molar-refractivity contribution < 1.29 is 14.3 Å². The predicted molar refractivity (Wildman–Crippen MR) is 127 cm³/mol. The summed E-state index contributed by atoms with van der Waals surface area (Å²) in [6.07, 6.45) is 0. The zero-order valence-corrected chi connectivity index (χ0v) is 19.4. The first kappa shape index (κ1) is 22.4. The van der Waals surface area contributed by atoms with Gasteiger partial charge in [0.05, 0.1) is 19.9 Å². The van der Waals surface area contributed by atoms with E-state index in [0.29, 0.717) is 49.1 Å². The van der Waals surface area contributed by atoms with Crippen LogP contribution in [-0.2, 0) is 0 Å². The quantitative estimate of drug-likeness (QED) is 0.598. The molecule has 0 spiro atoms. The fourth-order valence-corrected chi connectivity index (χ4v) is 3.86. The van der Waals surface area contributed by atoms with E-state index < -0.39 is 0 Å². The van der Waals surface area contributed by atoms with E-state index in [4.69, 9.17) is 9.47 Å². The molecule has 1 amide bonds. The van der Waals surface area contributed by atoms with Crippen LogP contribution >= 0.6 is 0 Å². The van der Waals surface area contributed by atoms with E-state index in [9.17, 15) is 9.59 Å². The van der Waals surface area contributed by atoms with E-state index in [-0.39, 0.29) is 11.5 Å². The van der Waals surface area contributed by atoms with Crippen molar-refractivity contribution in [2.24, 2.45) is 0 Å². The molecular weight excluding hydrogens is 420 g/mol. The summed E-state index contributed by atoms with van der Waals surface area (Å²) in [5.74, 6) is 1.80. The molecule has 0 radical (unpaired) electrons. The molecule has 0 bridgehead atoms. The van der Waals surface area contributed by atoms with Crippen molar-refractivity contribution in [3.05, 3.63) is 75.6 Å². The smallest absolute Gasteiger partial charge is 0.271 e. The molecular formula is C25H28N4O4. The number of ether oxygens (including phenoxy) is 2. The zero-order valence-electron chi connectivity index (χ0n) is 19.4. The van der Waals surface area contributed by atoms with Gasteiger partial charge in [0.2, 0.25) is 0 Å². The molecule has 172 valence electrons. The van der Waals surface area contributed by atoms with Gasteiger partial charge in [-0.25, -0.2) is 0 Å². The molecule has 33 heavy (non-hydrogen) atoms. The lowest BCUT2D eigenvalue weighted by atomic mass is 10.1. The number of hydrogen-bond acceptors (Lipinski definition) is 6. The molecule has 2 heterocycles. The van der Waals surface area contributed by atoms with Crippen LogP contribution in [0.25, 0.3) is 5.69 Å². The van der Waals surface area contributed by atoms with Crippen LogP contribution in [0.3, 0.4) is 0 Å². The van der Waals surface area contributed by atoms with Crippen molar-refractivity contribution in [1.29, 1.82) is 0 Å². The second-order valence-corrected chi connectivity index (χ2v) is 8.09. The van der Waals surface area contributed by atoms with Gasteiger partial charge in [-0.15, -0.1) is 5.10 Å². The fourth-order valence-electron chi connectivity index (χ4n) is 3.86. The minimum absolute atomic E-state index is 0.0695. The summed E-state index contributed by atoms with van der Waals surface area (Å²) >= 11 is 0. The lowest BCUT2D eigenvalue weighted by Crippen LogP contribution is -2.49. The summed E-state index contributed by atoms with van der Waals surface area (Å²) in [5, 5.41) is 4.60. The highest BCUT2D eigenvalue weighted by Crippen LogP contribution is 2.24. The molecule has 1 aromatic heterocycles. The highest BCUT2D eigenvalue weighted by molar-refractivity contribution is 5.95. The van der Waals surface area contributed by atoms with Gasteiger partial charge >= 0.3 is 0 Å². The average molecular weight is 449 g/mol. The van der Waals surface area contributed by atoms with E-state index in [2.05, 4.69) is 10.00 Å². The Morgan fingerprint density at radius 2 is 1.52 bits per heavy atom. The topological polar surface area (TPSA) is 76.9 Å². The Hall–Kier alpha value is -3.81. The van der Waals surface area contributed by atoms with Crippen LogP contribution in [-0.4, -0.2) is 61.0 Å². The molecule has 2 aromatic carbocycles. The molecule has 0 saturated carbocycles.